The maximum absolute atomic E-state index is 11.0. The molecule has 2 N–H and O–H groups in total. The third-order valence-corrected chi connectivity index (χ3v) is 2.62. The van der Waals surface area contributed by atoms with Crippen LogP contribution in [0.15, 0.2) is 48.5 Å². The number of phenols is 1. The van der Waals surface area contributed by atoms with Gasteiger partial charge >= 0.3 is 0 Å². The van der Waals surface area contributed by atoms with Crippen LogP contribution in [0.25, 0.3) is 0 Å². The first kappa shape index (κ1) is 12.2. The Morgan fingerprint density at radius 2 is 1.83 bits per heavy atom. The average molecular weight is 241 g/mol. The molecule has 0 saturated heterocycles. The molecule has 0 aliphatic carbocycles. The van der Waals surface area contributed by atoms with Crippen molar-refractivity contribution in [1.29, 1.82) is 0 Å². The van der Waals surface area contributed by atoms with Crippen LogP contribution in [0, 0.1) is 0 Å². The molecule has 0 spiro atoms. The largest absolute Gasteiger partial charge is 0.506 e. The van der Waals surface area contributed by atoms with Crippen molar-refractivity contribution in [3.05, 3.63) is 59.7 Å². The number of aromatic hydroxyl groups is 1. The van der Waals surface area contributed by atoms with Crippen LogP contribution in [-0.4, -0.2) is 11.0 Å². The summed E-state index contributed by atoms with van der Waals surface area (Å²) in [6, 6.07) is 15.3. The van der Waals surface area contributed by atoms with Crippen LogP contribution in [0.1, 0.15) is 18.1 Å². The average Bonchev–Trinajstić information content (AvgIpc) is 2.34. The summed E-state index contributed by atoms with van der Waals surface area (Å²) >= 11 is 0. The number of anilines is 1. The molecule has 0 heterocycles. The van der Waals surface area contributed by atoms with Crippen LogP contribution in [0.2, 0.25) is 0 Å². The van der Waals surface area contributed by atoms with E-state index in [2.05, 4.69) is 5.32 Å². The lowest BCUT2D eigenvalue weighted by molar-refractivity contribution is -0.114. The molecule has 0 aliphatic heterocycles. The van der Waals surface area contributed by atoms with E-state index in [0.717, 1.165) is 12.0 Å². The van der Waals surface area contributed by atoms with Gasteiger partial charge in [-0.05, 0) is 29.7 Å². The number of hydrogen-bond acceptors (Lipinski definition) is 2. The van der Waals surface area contributed by atoms with E-state index in [4.69, 9.17) is 0 Å². The lowest BCUT2D eigenvalue weighted by Crippen LogP contribution is -2.06. The molecule has 0 radical (unpaired) electrons. The zero-order valence-electron chi connectivity index (χ0n) is 10.2. The van der Waals surface area contributed by atoms with Gasteiger partial charge in [-0.1, -0.05) is 36.4 Å². The lowest BCUT2D eigenvalue weighted by Gasteiger charge is -2.08. The van der Waals surface area contributed by atoms with Gasteiger partial charge in [0.15, 0.2) is 0 Å². The number of benzene rings is 2. The van der Waals surface area contributed by atoms with E-state index in [0.29, 0.717) is 5.69 Å². The second-order valence-corrected chi connectivity index (χ2v) is 4.20. The number of carbonyl (C=O) groups excluding carboxylic acids is 1. The molecule has 3 heteroatoms. The minimum Gasteiger partial charge on any atom is -0.506 e. The number of hydrogen-bond donors (Lipinski definition) is 2. The van der Waals surface area contributed by atoms with E-state index in [9.17, 15) is 9.90 Å². The maximum Gasteiger partial charge on any atom is 0.221 e. The molecule has 0 bridgehead atoms. The Morgan fingerprint density at radius 1 is 1.11 bits per heavy atom. The van der Waals surface area contributed by atoms with E-state index in [1.165, 1.54) is 12.5 Å². The van der Waals surface area contributed by atoms with Crippen molar-refractivity contribution in [2.75, 3.05) is 5.32 Å². The molecule has 0 aromatic heterocycles. The van der Waals surface area contributed by atoms with Crippen LogP contribution in [0.3, 0.4) is 0 Å². The molecule has 2 aromatic rings. The first-order chi connectivity index (χ1) is 8.65. The van der Waals surface area contributed by atoms with Gasteiger partial charge in [-0.25, -0.2) is 0 Å². The Kier molecular flexibility index (Phi) is 3.63. The van der Waals surface area contributed by atoms with Crippen molar-refractivity contribution in [3.8, 4) is 5.75 Å². The van der Waals surface area contributed by atoms with Crippen molar-refractivity contribution in [3.63, 3.8) is 0 Å². The zero-order chi connectivity index (χ0) is 13.0. The first-order valence-electron chi connectivity index (χ1n) is 5.78. The maximum atomic E-state index is 11.0. The summed E-state index contributed by atoms with van der Waals surface area (Å²) in [5, 5.41) is 12.2. The molecular formula is C15H15NO2. The highest BCUT2D eigenvalue weighted by molar-refractivity contribution is 5.90. The zero-order valence-corrected chi connectivity index (χ0v) is 10.2. The summed E-state index contributed by atoms with van der Waals surface area (Å²) < 4.78 is 0. The number of nitrogens with one attached hydrogen (secondary N) is 1. The van der Waals surface area contributed by atoms with Crippen LogP contribution in [0.5, 0.6) is 5.75 Å². The van der Waals surface area contributed by atoms with Crippen LogP contribution < -0.4 is 5.32 Å². The van der Waals surface area contributed by atoms with E-state index in [1.807, 2.05) is 36.4 Å². The van der Waals surface area contributed by atoms with Gasteiger partial charge in [-0.3, -0.25) is 4.79 Å². The van der Waals surface area contributed by atoms with Crippen molar-refractivity contribution in [1.82, 2.24) is 0 Å². The van der Waals surface area contributed by atoms with Crippen LogP contribution >= 0.6 is 0 Å². The van der Waals surface area contributed by atoms with Gasteiger partial charge in [0.2, 0.25) is 5.91 Å². The number of rotatable bonds is 3. The van der Waals surface area contributed by atoms with Crippen LogP contribution in [-0.2, 0) is 11.2 Å². The van der Waals surface area contributed by atoms with Crippen molar-refractivity contribution < 1.29 is 9.90 Å². The number of amides is 1. The SMILES string of the molecule is CC(=O)Nc1cc(Cc2ccccc2)ccc1O. The van der Waals surface area contributed by atoms with Crippen molar-refractivity contribution in [2.45, 2.75) is 13.3 Å². The summed E-state index contributed by atoms with van der Waals surface area (Å²) in [6.45, 7) is 1.42. The normalized spacial score (nSPS) is 10.1. The first-order valence-corrected chi connectivity index (χ1v) is 5.78. The fourth-order valence-electron chi connectivity index (χ4n) is 1.81. The van der Waals surface area contributed by atoms with Gasteiger partial charge in [-0.15, -0.1) is 0 Å². The molecule has 0 aliphatic rings. The molecule has 2 aromatic carbocycles. The molecule has 92 valence electrons. The standard InChI is InChI=1S/C15H15NO2/c1-11(17)16-14-10-13(7-8-15(14)18)9-12-5-3-2-4-6-12/h2-8,10,18H,9H2,1H3,(H,16,17). The third kappa shape index (κ3) is 3.10. The molecule has 0 atom stereocenters. The molecule has 2 rings (SSSR count). The van der Waals surface area contributed by atoms with Gasteiger partial charge in [-0.2, -0.15) is 0 Å². The Bertz CT molecular complexity index is 550. The summed E-state index contributed by atoms with van der Waals surface area (Å²) in [5.74, 6) is -0.107. The Balaban J connectivity index is 2.22. The number of carbonyl (C=O) groups is 1. The van der Waals surface area contributed by atoms with Gasteiger partial charge in [0.25, 0.3) is 0 Å². The molecule has 18 heavy (non-hydrogen) atoms. The van der Waals surface area contributed by atoms with Gasteiger partial charge in [0.1, 0.15) is 5.75 Å². The number of phenolic OH excluding ortho intramolecular Hbond substituents is 1. The van der Waals surface area contributed by atoms with Gasteiger partial charge in [0.05, 0.1) is 5.69 Å². The Morgan fingerprint density at radius 3 is 2.50 bits per heavy atom. The van der Waals surface area contributed by atoms with Crippen LogP contribution in [0.4, 0.5) is 5.69 Å². The Hall–Kier alpha value is -2.29. The van der Waals surface area contributed by atoms with Crippen molar-refractivity contribution >= 4 is 11.6 Å². The summed E-state index contributed by atoms with van der Waals surface area (Å²) in [7, 11) is 0. The summed E-state index contributed by atoms with van der Waals surface area (Å²) in [4.78, 5) is 11.0. The van der Waals surface area contributed by atoms with E-state index in [1.54, 1.807) is 12.1 Å². The minimum absolute atomic E-state index is 0.0852. The quantitative estimate of drug-likeness (QED) is 0.812. The predicted octanol–water partition coefficient (Wildman–Crippen LogP) is 2.94. The van der Waals surface area contributed by atoms with Crippen molar-refractivity contribution in [2.24, 2.45) is 0 Å². The third-order valence-electron chi connectivity index (χ3n) is 2.62. The highest BCUT2D eigenvalue weighted by Crippen LogP contribution is 2.25. The minimum atomic E-state index is -0.192. The summed E-state index contributed by atoms with van der Waals surface area (Å²) in [5.41, 5.74) is 2.69. The van der Waals surface area contributed by atoms with E-state index in [-0.39, 0.29) is 11.7 Å². The van der Waals surface area contributed by atoms with E-state index < -0.39 is 0 Å². The molecule has 0 saturated carbocycles. The highest BCUT2D eigenvalue weighted by Gasteiger charge is 2.04. The molecule has 1 amide bonds. The molecule has 3 nitrogen and oxygen atoms in total. The van der Waals surface area contributed by atoms with Gasteiger partial charge in [0, 0.05) is 6.92 Å². The molecule has 0 unspecified atom stereocenters. The van der Waals surface area contributed by atoms with E-state index >= 15 is 0 Å². The summed E-state index contributed by atoms with van der Waals surface area (Å²) in [6.07, 6.45) is 0.772. The second kappa shape index (κ2) is 5.36. The molecule has 0 fully saturated rings. The highest BCUT2D eigenvalue weighted by atomic mass is 16.3. The molecular weight excluding hydrogens is 226 g/mol. The monoisotopic (exact) mass is 241 g/mol. The fourth-order valence-corrected chi connectivity index (χ4v) is 1.81. The Labute approximate surface area is 106 Å². The lowest BCUT2D eigenvalue weighted by atomic mass is 10.0. The smallest absolute Gasteiger partial charge is 0.221 e. The topological polar surface area (TPSA) is 49.3 Å². The fraction of sp³-hybridized carbons (Fsp3) is 0.133. The van der Waals surface area contributed by atoms with Gasteiger partial charge < -0.3 is 10.4 Å². The second-order valence-electron chi connectivity index (χ2n) is 4.20. The predicted molar refractivity (Wildman–Crippen MR) is 71.7 cm³/mol.